The number of hydrogen-bond donors (Lipinski definition) is 1. The Labute approximate surface area is 164 Å². The molecule has 1 N–H and O–H groups in total. The lowest BCUT2D eigenvalue weighted by Crippen LogP contribution is -2.21. The molecule has 6 heteroatoms. The first kappa shape index (κ1) is 19.5. The Morgan fingerprint density at radius 1 is 1.19 bits per heavy atom. The Hall–Kier alpha value is -2.21. The minimum Gasteiger partial charge on any atom is -0.344 e. The van der Waals surface area contributed by atoms with Crippen LogP contribution in [-0.2, 0) is 10.2 Å². The Kier molecular flexibility index (Phi) is 5.12. The molecule has 0 radical (unpaired) electrons. The van der Waals surface area contributed by atoms with E-state index < -0.39 is 0 Å². The van der Waals surface area contributed by atoms with Crippen LogP contribution in [0.4, 0.5) is 5.13 Å². The summed E-state index contributed by atoms with van der Waals surface area (Å²) in [7, 11) is 3.42. The van der Waals surface area contributed by atoms with Crippen LogP contribution in [0.25, 0.3) is 0 Å². The molecule has 1 fully saturated rings. The van der Waals surface area contributed by atoms with Gasteiger partial charge in [0.2, 0.25) is 5.91 Å². The first-order chi connectivity index (χ1) is 12.6. The van der Waals surface area contributed by atoms with Gasteiger partial charge >= 0.3 is 0 Å². The van der Waals surface area contributed by atoms with Gasteiger partial charge in [-0.25, -0.2) is 4.98 Å². The summed E-state index contributed by atoms with van der Waals surface area (Å²) in [5.74, 6) is 0.136. The molecule has 2 amide bonds. The quantitative estimate of drug-likeness (QED) is 0.858. The van der Waals surface area contributed by atoms with E-state index >= 15 is 0 Å². The van der Waals surface area contributed by atoms with E-state index in [4.69, 9.17) is 0 Å². The van der Waals surface area contributed by atoms with Crippen LogP contribution in [0.15, 0.2) is 24.3 Å². The number of amides is 2. The highest BCUT2D eigenvalue weighted by Gasteiger charge is 2.44. The number of carbonyl (C=O) groups is 2. The molecule has 0 aliphatic heterocycles. The van der Waals surface area contributed by atoms with E-state index in [2.05, 4.69) is 55.3 Å². The lowest BCUT2D eigenvalue weighted by atomic mass is 9.86. The highest BCUT2D eigenvalue weighted by molar-refractivity contribution is 7.17. The van der Waals surface area contributed by atoms with E-state index in [1.54, 1.807) is 21.0 Å². The molecule has 3 rings (SSSR count). The van der Waals surface area contributed by atoms with Crippen LogP contribution in [0.2, 0.25) is 0 Å². The van der Waals surface area contributed by atoms with Gasteiger partial charge in [0.05, 0.1) is 5.69 Å². The number of benzene rings is 1. The number of thiazole rings is 1. The number of carbonyl (C=O) groups excluding carboxylic acids is 2. The minimum atomic E-state index is -0.0891. The Balaban J connectivity index is 1.64. The second kappa shape index (κ2) is 7.08. The summed E-state index contributed by atoms with van der Waals surface area (Å²) in [5, 5.41) is 3.39. The van der Waals surface area contributed by atoms with Crippen molar-refractivity contribution in [2.24, 2.45) is 5.92 Å². The molecule has 1 saturated carbocycles. The van der Waals surface area contributed by atoms with E-state index in [-0.39, 0.29) is 29.1 Å². The van der Waals surface area contributed by atoms with Gasteiger partial charge in [0.15, 0.2) is 5.13 Å². The molecule has 2 atom stereocenters. The van der Waals surface area contributed by atoms with Crippen molar-refractivity contribution in [3.8, 4) is 0 Å². The second-order valence-electron chi connectivity index (χ2n) is 8.44. The van der Waals surface area contributed by atoms with E-state index in [1.165, 1.54) is 27.4 Å². The smallest absolute Gasteiger partial charge is 0.265 e. The molecule has 1 aromatic heterocycles. The van der Waals surface area contributed by atoms with Crippen molar-refractivity contribution >= 4 is 28.3 Å². The van der Waals surface area contributed by atoms with Crippen LogP contribution in [0, 0.1) is 12.8 Å². The highest BCUT2D eigenvalue weighted by atomic mass is 32.1. The summed E-state index contributed by atoms with van der Waals surface area (Å²) in [6, 6.07) is 8.59. The van der Waals surface area contributed by atoms with Gasteiger partial charge in [-0.1, -0.05) is 56.4 Å². The van der Waals surface area contributed by atoms with Crippen molar-refractivity contribution in [1.82, 2.24) is 9.88 Å². The van der Waals surface area contributed by atoms with E-state index in [9.17, 15) is 9.59 Å². The summed E-state index contributed by atoms with van der Waals surface area (Å²) in [4.78, 5) is 31.1. The molecule has 144 valence electrons. The molecule has 1 aliphatic carbocycles. The maximum absolute atomic E-state index is 12.6. The molecule has 2 aromatic rings. The SMILES string of the molecule is Cc1nc(NC(=O)[C@@H]2C[C@@H]2c2ccc(C(C)(C)C)cc2)sc1C(=O)N(C)C. The Morgan fingerprint density at radius 3 is 2.37 bits per heavy atom. The van der Waals surface area contributed by atoms with Crippen LogP contribution in [-0.4, -0.2) is 35.8 Å². The zero-order valence-electron chi connectivity index (χ0n) is 16.8. The average molecular weight is 386 g/mol. The maximum atomic E-state index is 12.6. The van der Waals surface area contributed by atoms with Crippen LogP contribution < -0.4 is 5.32 Å². The fraction of sp³-hybridized carbons (Fsp3) is 0.476. The number of nitrogens with one attached hydrogen (secondary N) is 1. The van der Waals surface area contributed by atoms with Crippen molar-refractivity contribution < 1.29 is 9.59 Å². The van der Waals surface area contributed by atoms with Crippen molar-refractivity contribution in [3.05, 3.63) is 46.0 Å². The van der Waals surface area contributed by atoms with Gasteiger partial charge in [0, 0.05) is 20.0 Å². The standard InChI is InChI=1S/C21H27N3O2S/c1-12-17(19(26)24(5)6)27-20(22-12)23-18(25)16-11-15(16)13-7-9-14(10-8-13)21(2,3)4/h7-10,15-16H,11H2,1-6H3,(H,22,23,25)/t15-,16-/m1/s1. The van der Waals surface area contributed by atoms with Crippen LogP contribution >= 0.6 is 11.3 Å². The van der Waals surface area contributed by atoms with Gasteiger partial charge in [-0.05, 0) is 35.8 Å². The first-order valence-corrected chi connectivity index (χ1v) is 10.00. The summed E-state index contributed by atoms with van der Waals surface area (Å²) in [5.41, 5.74) is 3.29. The number of anilines is 1. The number of rotatable bonds is 4. The lowest BCUT2D eigenvalue weighted by molar-refractivity contribution is -0.117. The fourth-order valence-corrected chi connectivity index (χ4v) is 4.12. The first-order valence-electron chi connectivity index (χ1n) is 9.18. The van der Waals surface area contributed by atoms with Crippen LogP contribution in [0.5, 0.6) is 0 Å². The van der Waals surface area contributed by atoms with Gasteiger partial charge in [-0.2, -0.15) is 0 Å². The largest absolute Gasteiger partial charge is 0.344 e. The Bertz CT molecular complexity index is 863. The van der Waals surface area contributed by atoms with E-state index in [0.29, 0.717) is 15.7 Å². The predicted octanol–water partition coefficient (Wildman–Crippen LogP) is 4.19. The monoisotopic (exact) mass is 385 g/mol. The summed E-state index contributed by atoms with van der Waals surface area (Å²) in [6.07, 6.45) is 0.856. The zero-order valence-corrected chi connectivity index (χ0v) is 17.6. The number of nitrogens with zero attached hydrogens (tertiary/aromatic N) is 2. The second-order valence-corrected chi connectivity index (χ2v) is 9.44. The topological polar surface area (TPSA) is 62.3 Å². The number of hydrogen-bond acceptors (Lipinski definition) is 4. The summed E-state index contributed by atoms with van der Waals surface area (Å²) < 4.78 is 0. The molecule has 27 heavy (non-hydrogen) atoms. The Morgan fingerprint density at radius 2 is 1.81 bits per heavy atom. The average Bonchev–Trinajstić information content (AvgIpc) is 3.31. The molecular formula is C21H27N3O2S. The molecule has 1 aliphatic rings. The molecule has 1 aromatic carbocycles. The number of aryl methyl sites for hydroxylation is 1. The minimum absolute atomic E-state index is 0.0162. The molecular weight excluding hydrogens is 358 g/mol. The van der Waals surface area contributed by atoms with Gasteiger partial charge in [-0.15, -0.1) is 0 Å². The van der Waals surface area contributed by atoms with Crippen molar-refractivity contribution in [1.29, 1.82) is 0 Å². The molecule has 1 heterocycles. The summed E-state index contributed by atoms with van der Waals surface area (Å²) >= 11 is 1.24. The van der Waals surface area contributed by atoms with E-state index in [1.807, 2.05) is 0 Å². The van der Waals surface area contributed by atoms with Gasteiger partial charge in [0.25, 0.3) is 5.91 Å². The third-order valence-corrected chi connectivity index (χ3v) is 6.02. The van der Waals surface area contributed by atoms with Crippen LogP contribution in [0.1, 0.15) is 59.6 Å². The molecule has 5 nitrogen and oxygen atoms in total. The fourth-order valence-electron chi connectivity index (χ4n) is 3.13. The van der Waals surface area contributed by atoms with E-state index in [0.717, 1.165) is 6.42 Å². The van der Waals surface area contributed by atoms with Crippen molar-refractivity contribution in [3.63, 3.8) is 0 Å². The third-order valence-electron chi connectivity index (χ3n) is 4.96. The van der Waals surface area contributed by atoms with Gasteiger partial charge < -0.3 is 10.2 Å². The molecule has 0 bridgehead atoms. The third kappa shape index (κ3) is 4.21. The van der Waals surface area contributed by atoms with Crippen molar-refractivity contribution in [2.75, 3.05) is 19.4 Å². The van der Waals surface area contributed by atoms with Crippen LogP contribution in [0.3, 0.4) is 0 Å². The van der Waals surface area contributed by atoms with Gasteiger partial charge in [-0.3, -0.25) is 9.59 Å². The lowest BCUT2D eigenvalue weighted by Gasteiger charge is -2.19. The maximum Gasteiger partial charge on any atom is 0.265 e. The highest BCUT2D eigenvalue weighted by Crippen LogP contribution is 2.48. The predicted molar refractivity (Wildman–Crippen MR) is 109 cm³/mol. The van der Waals surface area contributed by atoms with Gasteiger partial charge in [0.1, 0.15) is 4.88 Å². The normalized spacial score (nSPS) is 18.9. The molecule has 0 unspecified atom stereocenters. The van der Waals surface area contributed by atoms with Crippen molar-refractivity contribution in [2.45, 2.75) is 45.4 Å². The summed E-state index contributed by atoms with van der Waals surface area (Å²) in [6.45, 7) is 8.38. The number of aromatic nitrogens is 1. The zero-order chi connectivity index (χ0) is 19.9. The molecule has 0 saturated heterocycles. The molecule has 0 spiro atoms.